The van der Waals surface area contributed by atoms with Crippen molar-refractivity contribution in [3.05, 3.63) is 29.3 Å². The summed E-state index contributed by atoms with van der Waals surface area (Å²) in [5, 5.41) is 3.38. The first-order valence-electron chi connectivity index (χ1n) is 6.30. The average molecular weight is 249 g/mol. The summed E-state index contributed by atoms with van der Waals surface area (Å²) >= 11 is 0. The van der Waals surface area contributed by atoms with Crippen LogP contribution in [0.4, 0.5) is 0 Å². The van der Waals surface area contributed by atoms with Gasteiger partial charge in [0.1, 0.15) is 11.5 Å². The Balaban J connectivity index is 2.78. The van der Waals surface area contributed by atoms with Crippen LogP contribution in [-0.2, 0) is 0 Å². The number of ether oxygens (including phenoxy) is 2. The average Bonchev–Trinajstić information content (AvgIpc) is 2.38. The molecule has 0 radical (unpaired) electrons. The Morgan fingerprint density at radius 3 is 2.28 bits per heavy atom. The molecular formula is C15H23NO2. The fraction of sp³-hybridized carbons (Fsp3) is 0.467. The van der Waals surface area contributed by atoms with Crippen molar-refractivity contribution in [3.8, 4) is 11.5 Å². The molecule has 1 aromatic carbocycles. The van der Waals surface area contributed by atoms with E-state index in [2.05, 4.69) is 25.2 Å². The summed E-state index contributed by atoms with van der Waals surface area (Å²) in [5.41, 5.74) is 2.39. The van der Waals surface area contributed by atoms with Crippen LogP contribution in [0.3, 0.4) is 0 Å². The van der Waals surface area contributed by atoms with Crippen molar-refractivity contribution >= 4 is 6.08 Å². The quantitative estimate of drug-likeness (QED) is 0.753. The van der Waals surface area contributed by atoms with Gasteiger partial charge in [0, 0.05) is 12.6 Å². The molecule has 0 aromatic heterocycles. The minimum atomic E-state index is 0.815. The maximum Gasteiger partial charge on any atom is 0.123 e. The van der Waals surface area contributed by atoms with Gasteiger partial charge < -0.3 is 14.8 Å². The topological polar surface area (TPSA) is 30.5 Å². The van der Waals surface area contributed by atoms with Gasteiger partial charge in [-0.1, -0.05) is 18.6 Å². The number of benzene rings is 1. The van der Waals surface area contributed by atoms with Gasteiger partial charge in [-0.05, 0) is 37.6 Å². The minimum absolute atomic E-state index is 0.815. The zero-order valence-corrected chi connectivity index (χ0v) is 11.7. The second-order valence-electron chi connectivity index (χ2n) is 4.31. The van der Waals surface area contributed by atoms with E-state index in [1.165, 1.54) is 5.57 Å². The van der Waals surface area contributed by atoms with Gasteiger partial charge >= 0.3 is 0 Å². The summed E-state index contributed by atoms with van der Waals surface area (Å²) in [6.07, 6.45) is 3.30. The van der Waals surface area contributed by atoms with E-state index in [1.54, 1.807) is 14.2 Å². The Kier molecular flexibility index (Phi) is 6.29. The van der Waals surface area contributed by atoms with Gasteiger partial charge in [-0.25, -0.2) is 0 Å². The van der Waals surface area contributed by atoms with Crippen LogP contribution >= 0.6 is 0 Å². The largest absolute Gasteiger partial charge is 0.497 e. The minimum Gasteiger partial charge on any atom is -0.497 e. The third-order valence-electron chi connectivity index (χ3n) is 2.62. The molecule has 0 saturated heterocycles. The molecule has 3 nitrogen and oxygen atoms in total. The molecule has 0 saturated carbocycles. The molecular weight excluding hydrogens is 226 g/mol. The van der Waals surface area contributed by atoms with E-state index in [0.717, 1.165) is 36.6 Å². The van der Waals surface area contributed by atoms with E-state index in [1.807, 2.05) is 18.2 Å². The van der Waals surface area contributed by atoms with E-state index in [4.69, 9.17) is 9.47 Å². The second kappa shape index (κ2) is 7.77. The van der Waals surface area contributed by atoms with Crippen LogP contribution in [0.2, 0.25) is 0 Å². The van der Waals surface area contributed by atoms with Crippen molar-refractivity contribution in [1.29, 1.82) is 0 Å². The van der Waals surface area contributed by atoms with Gasteiger partial charge in [-0.3, -0.25) is 0 Å². The van der Waals surface area contributed by atoms with E-state index in [9.17, 15) is 0 Å². The SMILES string of the molecule is CCCNCC(C)=Cc1cc(OC)cc(OC)c1. The highest BCUT2D eigenvalue weighted by Crippen LogP contribution is 2.23. The van der Waals surface area contributed by atoms with Gasteiger partial charge in [0.25, 0.3) is 0 Å². The lowest BCUT2D eigenvalue weighted by atomic mass is 10.1. The van der Waals surface area contributed by atoms with Crippen LogP contribution in [-0.4, -0.2) is 27.3 Å². The molecule has 0 aliphatic carbocycles. The Morgan fingerprint density at radius 2 is 1.78 bits per heavy atom. The van der Waals surface area contributed by atoms with Crippen LogP contribution in [0.25, 0.3) is 6.08 Å². The first-order valence-corrected chi connectivity index (χ1v) is 6.30. The Bertz CT molecular complexity index is 377. The molecule has 0 spiro atoms. The predicted octanol–water partition coefficient (Wildman–Crippen LogP) is 3.11. The lowest BCUT2D eigenvalue weighted by molar-refractivity contribution is 0.394. The summed E-state index contributed by atoms with van der Waals surface area (Å²) in [6.45, 7) is 6.24. The highest BCUT2D eigenvalue weighted by molar-refractivity contribution is 5.57. The molecule has 0 unspecified atom stereocenters. The smallest absolute Gasteiger partial charge is 0.123 e. The lowest BCUT2D eigenvalue weighted by Crippen LogP contribution is -2.16. The fourth-order valence-corrected chi connectivity index (χ4v) is 1.71. The molecule has 3 heteroatoms. The summed E-state index contributed by atoms with van der Waals surface area (Å²) in [5.74, 6) is 1.63. The van der Waals surface area contributed by atoms with Crippen molar-refractivity contribution in [3.63, 3.8) is 0 Å². The van der Waals surface area contributed by atoms with Crippen LogP contribution in [0, 0.1) is 0 Å². The standard InChI is InChI=1S/C15H23NO2/c1-5-6-16-11-12(2)7-13-8-14(17-3)10-15(9-13)18-4/h7-10,16H,5-6,11H2,1-4H3. The van der Waals surface area contributed by atoms with Gasteiger partial charge in [-0.15, -0.1) is 0 Å². The molecule has 1 aromatic rings. The second-order valence-corrected chi connectivity index (χ2v) is 4.31. The van der Waals surface area contributed by atoms with Gasteiger partial charge in [0.2, 0.25) is 0 Å². The number of methoxy groups -OCH3 is 2. The molecule has 0 amide bonds. The molecule has 1 N–H and O–H groups in total. The molecule has 1 rings (SSSR count). The predicted molar refractivity (Wildman–Crippen MR) is 76.4 cm³/mol. The van der Waals surface area contributed by atoms with Crippen LogP contribution in [0.1, 0.15) is 25.8 Å². The highest BCUT2D eigenvalue weighted by Gasteiger charge is 2.00. The monoisotopic (exact) mass is 249 g/mol. The van der Waals surface area contributed by atoms with Crippen LogP contribution in [0.15, 0.2) is 23.8 Å². The van der Waals surface area contributed by atoms with E-state index in [-0.39, 0.29) is 0 Å². The molecule has 0 bridgehead atoms. The van der Waals surface area contributed by atoms with Crippen LogP contribution < -0.4 is 14.8 Å². The molecule has 0 aliphatic rings. The number of nitrogens with one attached hydrogen (secondary N) is 1. The van der Waals surface area contributed by atoms with E-state index < -0.39 is 0 Å². The zero-order valence-electron chi connectivity index (χ0n) is 11.7. The maximum absolute atomic E-state index is 5.25. The van der Waals surface area contributed by atoms with E-state index in [0.29, 0.717) is 0 Å². The molecule has 100 valence electrons. The third kappa shape index (κ3) is 4.80. The maximum atomic E-state index is 5.25. The number of rotatable bonds is 7. The molecule has 0 fully saturated rings. The van der Waals surface area contributed by atoms with Crippen molar-refractivity contribution in [1.82, 2.24) is 5.32 Å². The summed E-state index contributed by atoms with van der Waals surface area (Å²) < 4.78 is 10.5. The first-order chi connectivity index (χ1) is 8.69. The number of hydrogen-bond acceptors (Lipinski definition) is 3. The van der Waals surface area contributed by atoms with Crippen molar-refractivity contribution < 1.29 is 9.47 Å². The molecule has 18 heavy (non-hydrogen) atoms. The highest BCUT2D eigenvalue weighted by atomic mass is 16.5. The fourth-order valence-electron chi connectivity index (χ4n) is 1.71. The third-order valence-corrected chi connectivity index (χ3v) is 2.62. The van der Waals surface area contributed by atoms with Crippen LogP contribution in [0.5, 0.6) is 11.5 Å². The normalized spacial score (nSPS) is 11.4. The molecule has 0 atom stereocenters. The zero-order chi connectivity index (χ0) is 13.4. The van der Waals surface area contributed by atoms with Gasteiger partial charge in [0.05, 0.1) is 14.2 Å². The molecule has 0 heterocycles. The summed E-state index contributed by atoms with van der Waals surface area (Å²) in [7, 11) is 3.33. The first kappa shape index (κ1) is 14.6. The van der Waals surface area contributed by atoms with E-state index >= 15 is 0 Å². The summed E-state index contributed by atoms with van der Waals surface area (Å²) in [6, 6.07) is 5.89. The van der Waals surface area contributed by atoms with Crippen molar-refractivity contribution in [2.75, 3.05) is 27.3 Å². The lowest BCUT2D eigenvalue weighted by Gasteiger charge is -2.07. The van der Waals surface area contributed by atoms with Gasteiger partial charge in [0.15, 0.2) is 0 Å². The Morgan fingerprint density at radius 1 is 1.17 bits per heavy atom. The Hall–Kier alpha value is -1.48. The molecule has 0 aliphatic heterocycles. The van der Waals surface area contributed by atoms with Crippen molar-refractivity contribution in [2.24, 2.45) is 0 Å². The van der Waals surface area contributed by atoms with Gasteiger partial charge in [-0.2, -0.15) is 0 Å². The Labute approximate surface area is 110 Å². The number of hydrogen-bond donors (Lipinski definition) is 1. The summed E-state index contributed by atoms with van der Waals surface area (Å²) in [4.78, 5) is 0. The van der Waals surface area contributed by atoms with Crippen molar-refractivity contribution in [2.45, 2.75) is 20.3 Å².